The molecule has 1 aliphatic heterocycles. The maximum Gasteiger partial charge on any atom is 0.270 e. The summed E-state index contributed by atoms with van der Waals surface area (Å²) in [6.07, 6.45) is 0.701. The van der Waals surface area contributed by atoms with Gasteiger partial charge in [0.05, 0.1) is 40.0 Å². The highest BCUT2D eigenvalue weighted by Gasteiger charge is 2.26. The minimum Gasteiger partial charge on any atom is -0.492 e. The van der Waals surface area contributed by atoms with Crippen molar-refractivity contribution >= 4 is 62.3 Å². The molecule has 0 saturated carbocycles. The van der Waals surface area contributed by atoms with Crippen LogP contribution in [0.2, 0.25) is 5.02 Å². The molecule has 0 atom stereocenters. The van der Waals surface area contributed by atoms with E-state index in [0.717, 1.165) is 24.3 Å². The zero-order valence-electron chi connectivity index (χ0n) is 19.1. The highest BCUT2D eigenvalue weighted by atomic mass is 35.5. The maximum absolute atomic E-state index is 13.6. The molecule has 35 heavy (non-hydrogen) atoms. The molecule has 1 saturated heterocycles. The highest BCUT2D eigenvalue weighted by Crippen LogP contribution is 2.35. The number of thiazole rings is 1. The van der Waals surface area contributed by atoms with Gasteiger partial charge < -0.3 is 9.47 Å². The van der Waals surface area contributed by atoms with Crippen molar-refractivity contribution in [3.63, 3.8) is 0 Å². The van der Waals surface area contributed by atoms with E-state index in [4.69, 9.17) is 26.1 Å². The first-order valence-corrected chi connectivity index (χ1v) is 12.3. The quantitative estimate of drug-likeness (QED) is 0.276. The summed E-state index contributed by atoms with van der Waals surface area (Å²) in [7, 11) is 0. The first-order chi connectivity index (χ1) is 16.5. The van der Waals surface area contributed by atoms with E-state index in [1.807, 2.05) is 25.1 Å². The number of nitrogens with zero attached hydrogens (tertiary/aromatic N) is 4. The summed E-state index contributed by atoms with van der Waals surface area (Å²) < 4.78 is 12.0. The van der Waals surface area contributed by atoms with Crippen molar-refractivity contribution in [2.45, 2.75) is 13.3 Å². The first kappa shape index (κ1) is 27.1. The number of benzene rings is 2. The normalized spacial score (nSPS) is 13.9. The summed E-state index contributed by atoms with van der Waals surface area (Å²) in [5.74, 6) is 0.226. The minimum atomic E-state index is -0.540. The van der Waals surface area contributed by atoms with Crippen molar-refractivity contribution in [2.24, 2.45) is 0 Å². The van der Waals surface area contributed by atoms with Gasteiger partial charge in [-0.2, -0.15) is 0 Å². The van der Waals surface area contributed by atoms with Crippen LogP contribution in [0.4, 0.5) is 10.8 Å². The molecule has 0 unspecified atom stereocenters. The summed E-state index contributed by atoms with van der Waals surface area (Å²) in [6, 6.07) is 9.54. The number of para-hydroxylation sites is 1. The standard InChI is InChI=1S/C23H25ClN4O5S.ClH/c1-2-33-19-5-3-6-20-21(19)25-23(34-20)27(10-4-9-26-11-13-32-14-12-26)22(29)17-15-16(28(30)31)7-8-18(17)24;/h3,5-8,15H,2,4,9-14H2,1H3;1H. The Balaban J connectivity index is 0.00000342. The number of hydrogen-bond acceptors (Lipinski definition) is 8. The predicted octanol–water partition coefficient (Wildman–Crippen LogP) is 5.05. The molecule has 2 aromatic carbocycles. The van der Waals surface area contributed by atoms with Gasteiger partial charge in [-0.05, 0) is 31.5 Å². The molecule has 2 heterocycles. The van der Waals surface area contributed by atoms with Gasteiger partial charge in [0, 0.05) is 38.3 Å². The molecule has 0 N–H and O–H groups in total. The second-order valence-electron chi connectivity index (χ2n) is 7.72. The summed E-state index contributed by atoms with van der Waals surface area (Å²) in [6.45, 7) is 6.68. The Kier molecular flexibility index (Phi) is 9.64. The number of rotatable bonds is 9. The number of non-ortho nitro benzene ring substituents is 1. The summed E-state index contributed by atoms with van der Waals surface area (Å²) in [5.41, 5.74) is 0.566. The van der Waals surface area contributed by atoms with Crippen LogP contribution in [0.5, 0.6) is 5.75 Å². The fourth-order valence-electron chi connectivity index (χ4n) is 3.80. The molecule has 0 radical (unpaired) electrons. The number of carbonyl (C=O) groups is 1. The number of aromatic nitrogens is 1. The molecule has 9 nitrogen and oxygen atoms in total. The number of anilines is 1. The van der Waals surface area contributed by atoms with Gasteiger partial charge in [-0.3, -0.25) is 24.7 Å². The van der Waals surface area contributed by atoms with E-state index >= 15 is 0 Å². The van der Waals surface area contributed by atoms with Crippen molar-refractivity contribution in [1.82, 2.24) is 9.88 Å². The van der Waals surface area contributed by atoms with E-state index in [0.29, 0.717) is 49.2 Å². The molecule has 1 aliphatic rings. The van der Waals surface area contributed by atoms with E-state index in [2.05, 4.69) is 4.90 Å². The third-order valence-corrected chi connectivity index (χ3v) is 6.87. The van der Waals surface area contributed by atoms with Crippen LogP contribution in [0.1, 0.15) is 23.7 Å². The van der Waals surface area contributed by atoms with Crippen LogP contribution in [0.15, 0.2) is 36.4 Å². The topological polar surface area (TPSA) is 98.0 Å². The number of morpholine rings is 1. The Labute approximate surface area is 218 Å². The van der Waals surface area contributed by atoms with E-state index in [9.17, 15) is 14.9 Å². The van der Waals surface area contributed by atoms with Crippen molar-refractivity contribution in [2.75, 3.05) is 50.9 Å². The average Bonchev–Trinajstić information content (AvgIpc) is 3.27. The summed E-state index contributed by atoms with van der Waals surface area (Å²) in [5, 5.41) is 11.9. The van der Waals surface area contributed by atoms with Gasteiger partial charge in [0.1, 0.15) is 11.3 Å². The molecule has 12 heteroatoms. The van der Waals surface area contributed by atoms with E-state index in [1.165, 1.54) is 29.5 Å². The van der Waals surface area contributed by atoms with Gasteiger partial charge in [0.2, 0.25) is 0 Å². The molecule has 1 fully saturated rings. The first-order valence-electron chi connectivity index (χ1n) is 11.1. The largest absolute Gasteiger partial charge is 0.492 e. The number of nitro benzene ring substituents is 1. The van der Waals surface area contributed by atoms with Crippen molar-refractivity contribution in [3.05, 3.63) is 57.1 Å². The third-order valence-electron chi connectivity index (χ3n) is 5.50. The van der Waals surface area contributed by atoms with Gasteiger partial charge >= 0.3 is 0 Å². The molecular weight excluding hydrogens is 515 g/mol. The van der Waals surface area contributed by atoms with Crippen molar-refractivity contribution < 1.29 is 19.2 Å². The minimum absolute atomic E-state index is 0. The molecule has 1 aromatic heterocycles. The van der Waals surface area contributed by atoms with E-state index in [-0.39, 0.29) is 28.7 Å². The van der Waals surface area contributed by atoms with Crippen LogP contribution < -0.4 is 9.64 Å². The molecule has 0 bridgehead atoms. The number of hydrogen-bond donors (Lipinski definition) is 0. The monoisotopic (exact) mass is 540 g/mol. The Morgan fingerprint density at radius 2 is 2.09 bits per heavy atom. The fourth-order valence-corrected chi connectivity index (χ4v) is 5.00. The second kappa shape index (κ2) is 12.5. The molecule has 0 aliphatic carbocycles. The SMILES string of the molecule is CCOc1cccc2sc(N(CCCN3CCOCC3)C(=O)c3cc([N+](=O)[O-])ccc3Cl)nc12.Cl. The summed E-state index contributed by atoms with van der Waals surface area (Å²) >= 11 is 7.67. The third kappa shape index (κ3) is 6.39. The lowest BCUT2D eigenvalue weighted by Gasteiger charge is -2.27. The zero-order valence-corrected chi connectivity index (χ0v) is 21.5. The van der Waals surface area contributed by atoms with E-state index < -0.39 is 10.8 Å². The van der Waals surface area contributed by atoms with Crippen LogP contribution in [-0.4, -0.2) is 66.7 Å². The number of nitro groups is 1. The van der Waals surface area contributed by atoms with Crippen molar-refractivity contribution in [3.8, 4) is 5.75 Å². The average molecular weight is 541 g/mol. The van der Waals surface area contributed by atoms with Crippen LogP contribution >= 0.6 is 35.3 Å². The molecular formula is C23H26Cl2N4O5S. The van der Waals surface area contributed by atoms with Gasteiger partial charge in [-0.25, -0.2) is 4.98 Å². The Morgan fingerprint density at radius 3 is 2.80 bits per heavy atom. The van der Waals surface area contributed by atoms with Crippen LogP contribution in [0.3, 0.4) is 0 Å². The van der Waals surface area contributed by atoms with Gasteiger partial charge in [-0.15, -0.1) is 12.4 Å². The highest BCUT2D eigenvalue weighted by molar-refractivity contribution is 7.22. The van der Waals surface area contributed by atoms with Crippen LogP contribution in [0, 0.1) is 10.1 Å². The number of amides is 1. The predicted molar refractivity (Wildman–Crippen MR) is 140 cm³/mol. The molecule has 4 rings (SSSR count). The Morgan fingerprint density at radius 1 is 1.31 bits per heavy atom. The van der Waals surface area contributed by atoms with Crippen LogP contribution in [-0.2, 0) is 4.74 Å². The lowest BCUT2D eigenvalue weighted by atomic mass is 10.1. The number of fused-ring (bicyclic) bond motifs is 1. The number of ether oxygens (including phenoxy) is 2. The van der Waals surface area contributed by atoms with Crippen molar-refractivity contribution in [1.29, 1.82) is 0 Å². The number of halogens is 2. The Bertz CT molecular complexity index is 1190. The van der Waals surface area contributed by atoms with Gasteiger partial charge in [0.25, 0.3) is 11.6 Å². The van der Waals surface area contributed by atoms with Crippen LogP contribution in [0.25, 0.3) is 10.2 Å². The maximum atomic E-state index is 13.6. The molecule has 1 amide bonds. The second-order valence-corrected chi connectivity index (χ2v) is 9.13. The lowest BCUT2D eigenvalue weighted by Crippen LogP contribution is -2.39. The Hall–Kier alpha value is -2.50. The molecule has 188 valence electrons. The van der Waals surface area contributed by atoms with Gasteiger partial charge in [0.15, 0.2) is 5.13 Å². The molecule has 0 spiro atoms. The molecule has 3 aromatic rings. The number of carbonyl (C=O) groups excluding carboxylic acids is 1. The lowest BCUT2D eigenvalue weighted by molar-refractivity contribution is -0.384. The summed E-state index contributed by atoms with van der Waals surface area (Å²) in [4.78, 5) is 32.9. The van der Waals surface area contributed by atoms with E-state index in [1.54, 1.807) is 4.90 Å². The zero-order chi connectivity index (χ0) is 24.1. The van der Waals surface area contributed by atoms with Gasteiger partial charge in [-0.1, -0.05) is 29.0 Å². The fraction of sp³-hybridized carbons (Fsp3) is 0.391. The smallest absolute Gasteiger partial charge is 0.270 e.